The molecule has 2 aliphatic rings. The highest BCUT2D eigenvalue weighted by Gasteiger charge is 2.20. The van der Waals surface area contributed by atoms with Gasteiger partial charge in [-0.15, -0.1) is 0 Å². The van der Waals surface area contributed by atoms with Crippen LogP contribution in [0.25, 0.3) is 16.9 Å². The third-order valence-electron chi connectivity index (χ3n) is 5.46. The fraction of sp³-hybridized carbons (Fsp3) is 0.450. The van der Waals surface area contributed by atoms with Crippen molar-refractivity contribution in [1.29, 1.82) is 0 Å². The number of hydrogen-bond donors (Lipinski definition) is 0. The monoisotopic (exact) mass is 364 g/mol. The van der Waals surface area contributed by atoms with Gasteiger partial charge in [0.1, 0.15) is 5.82 Å². The number of nitrogens with zero attached hydrogens (tertiary/aromatic N) is 6. The van der Waals surface area contributed by atoms with E-state index < -0.39 is 0 Å². The average Bonchev–Trinajstić information content (AvgIpc) is 3.36. The molecular formula is C20H24N6O. The second-order valence-electron chi connectivity index (χ2n) is 7.19. The van der Waals surface area contributed by atoms with Crippen LogP contribution in [0.4, 0.5) is 11.6 Å². The Kier molecular flexibility index (Phi) is 4.16. The van der Waals surface area contributed by atoms with Crippen LogP contribution in [0.5, 0.6) is 0 Å². The molecule has 0 aliphatic carbocycles. The summed E-state index contributed by atoms with van der Waals surface area (Å²) in [6.45, 7) is 7.43. The lowest BCUT2D eigenvalue weighted by Gasteiger charge is -2.27. The molecule has 0 atom stereocenters. The zero-order chi connectivity index (χ0) is 18.2. The van der Waals surface area contributed by atoms with Crippen molar-refractivity contribution in [3.63, 3.8) is 0 Å². The number of aryl methyl sites for hydroxylation is 1. The fourth-order valence-corrected chi connectivity index (χ4v) is 4.08. The van der Waals surface area contributed by atoms with Gasteiger partial charge < -0.3 is 14.5 Å². The van der Waals surface area contributed by atoms with Gasteiger partial charge in [0.05, 0.1) is 24.6 Å². The Labute approximate surface area is 158 Å². The quantitative estimate of drug-likeness (QED) is 0.712. The molecule has 0 bridgehead atoms. The average molecular weight is 364 g/mol. The first kappa shape index (κ1) is 16.5. The number of anilines is 2. The van der Waals surface area contributed by atoms with Gasteiger partial charge in [0.2, 0.25) is 0 Å². The Bertz CT molecular complexity index is 939. The normalized spacial score (nSPS) is 17.8. The van der Waals surface area contributed by atoms with E-state index in [1.54, 1.807) is 0 Å². The molecule has 5 heterocycles. The van der Waals surface area contributed by atoms with Crippen molar-refractivity contribution in [2.45, 2.75) is 19.8 Å². The molecule has 2 saturated heterocycles. The van der Waals surface area contributed by atoms with E-state index >= 15 is 0 Å². The maximum absolute atomic E-state index is 5.48. The Morgan fingerprint density at radius 1 is 0.963 bits per heavy atom. The molecule has 0 spiro atoms. The highest BCUT2D eigenvalue weighted by molar-refractivity contribution is 5.73. The van der Waals surface area contributed by atoms with Crippen LogP contribution in [-0.4, -0.2) is 58.7 Å². The van der Waals surface area contributed by atoms with Gasteiger partial charge in [-0.2, -0.15) is 0 Å². The summed E-state index contributed by atoms with van der Waals surface area (Å²) in [5.41, 5.74) is 4.06. The smallest absolute Gasteiger partial charge is 0.181 e. The summed E-state index contributed by atoms with van der Waals surface area (Å²) in [6, 6.07) is 4.29. The van der Waals surface area contributed by atoms with Crippen LogP contribution < -0.4 is 9.80 Å². The Morgan fingerprint density at radius 2 is 1.78 bits per heavy atom. The number of pyridine rings is 1. The molecule has 27 heavy (non-hydrogen) atoms. The number of morpholine rings is 1. The molecule has 0 aromatic carbocycles. The lowest BCUT2D eigenvalue weighted by molar-refractivity contribution is 0.122. The molecule has 7 nitrogen and oxygen atoms in total. The fourth-order valence-electron chi connectivity index (χ4n) is 4.08. The van der Waals surface area contributed by atoms with E-state index in [1.807, 2.05) is 18.6 Å². The van der Waals surface area contributed by atoms with Crippen molar-refractivity contribution >= 4 is 17.3 Å². The van der Waals surface area contributed by atoms with Crippen LogP contribution in [-0.2, 0) is 4.74 Å². The molecule has 0 saturated carbocycles. The van der Waals surface area contributed by atoms with Crippen LogP contribution in [0.1, 0.15) is 18.5 Å². The van der Waals surface area contributed by atoms with Gasteiger partial charge in [-0.05, 0) is 31.9 Å². The van der Waals surface area contributed by atoms with E-state index in [2.05, 4.69) is 38.2 Å². The summed E-state index contributed by atoms with van der Waals surface area (Å²) >= 11 is 0. The number of fused-ring (bicyclic) bond motifs is 1. The molecule has 2 aliphatic heterocycles. The van der Waals surface area contributed by atoms with Gasteiger partial charge in [-0.1, -0.05) is 0 Å². The van der Waals surface area contributed by atoms with Crippen LogP contribution in [0.3, 0.4) is 0 Å². The van der Waals surface area contributed by atoms with E-state index in [0.29, 0.717) is 0 Å². The third kappa shape index (κ3) is 2.92. The Morgan fingerprint density at radius 3 is 2.52 bits per heavy atom. The van der Waals surface area contributed by atoms with E-state index in [1.165, 1.54) is 12.8 Å². The van der Waals surface area contributed by atoms with Gasteiger partial charge >= 0.3 is 0 Å². The third-order valence-corrected chi connectivity index (χ3v) is 5.46. The van der Waals surface area contributed by atoms with Crippen LogP contribution >= 0.6 is 0 Å². The summed E-state index contributed by atoms with van der Waals surface area (Å²) in [6.07, 6.45) is 8.33. The Balaban J connectivity index is 1.54. The maximum Gasteiger partial charge on any atom is 0.181 e. The lowest BCUT2D eigenvalue weighted by atomic mass is 10.2. The maximum atomic E-state index is 5.48. The summed E-state index contributed by atoms with van der Waals surface area (Å²) in [7, 11) is 0. The SMILES string of the molecule is Cc1nc2c(N3CCOCC3)nccn2c1-c1ccc(N2CCCC2)nc1. The predicted molar refractivity (Wildman–Crippen MR) is 105 cm³/mol. The topological polar surface area (TPSA) is 58.8 Å². The second-order valence-corrected chi connectivity index (χ2v) is 7.19. The summed E-state index contributed by atoms with van der Waals surface area (Å²) in [4.78, 5) is 18.8. The van der Waals surface area contributed by atoms with E-state index in [4.69, 9.17) is 14.7 Å². The van der Waals surface area contributed by atoms with Gasteiger partial charge in [0, 0.05) is 50.3 Å². The molecule has 0 N–H and O–H groups in total. The molecule has 0 amide bonds. The van der Waals surface area contributed by atoms with Crippen molar-refractivity contribution < 1.29 is 4.74 Å². The molecule has 140 valence electrons. The Hall–Kier alpha value is -2.67. The molecule has 2 fully saturated rings. The molecule has 5 rings (SSSR count). The minimum atomic E-state index is 0.733. The van der Waals surface area contributed by atoms with Crippen LogP contribution in [0.15, 0.2) is 30.7 Å². The standard InChI is InChI=1S/C20H24N6O/c1-15-18(16-4-5-17(22-14-16)24-7-2-3-8-24)26-9-6-21-19(20(26)23-15)25-10-12-27-13-11-25/h4-6,9,14H,2-3,7-8,10-13H2,1H3. The van der Waals surface area contributed by atoms with Crippen molar-refractivity contribution in [2.75, 3.05) is 49.2 Å². The molecular weight excluding hydrogens is 340 g/mol. The minimum absolute atomic E-state index is 0.733. The molecule has 3 aromatic heterocycles. The number of rotatable bonds is 3. The van der Waals surface area contributed by atoms with Crippen LogP contribution in [0, 0.1) is 6.92 Å². The molecule has 0 radical (unpaired) electrons. The lowest BCUT2D eigenvalue weighted by Crippen LogP contribution is -2.37. The number of imidazole rings is 1. The molecule has 7 heteroatoms. The predicted octanol–water partition coefficient (Wildman–Crippen LogP) is 2.54. The van der Waals surface area contributed by atoms with E-state index in [-0.39, 0.29) is 0 Å². The summed E-state index contributed by atoms with van der Waals surface area (Å²) < 4.78 is 7.61. The van der Waals surface area contributed by atoms with Gasteiger partial charge in [-0.3, -0.25) is 4.40 Å². The largest absolute Gasteiger partial charge is 0.378 e. The van der Waals surface area contributed by atoms with E-state index in [0.717, 1.165) is 73.6 Å². The highest BCUT2D eigenvalue weighted by atomic mass is 16.5. The van der Waals surface area contributed by atoms with Gasteiger partial charge in [-0.25, -0.2) is 15.0 Å². The first-order valence-electron chi connectivity index (χ1n) is 9.69. The number of ether oxygens (including phenoxy) is 1. The first-order valence-corrected chi connectivity index (χ1v) is 9.69. The number of hydrogen-bond acceptors (Lipinski definition) is 6. The zero-order valence-electron chi connectivity index (χ0n) is 15.6. The minimum Gasteiger partial charge on any atom is -0.378 e. The second kappa shape index (κ2) is 6.81. The highest BCUT2D eigenvalue weighted by Crippen LogP contribution is 2.29. The molecule has 0 unspecified atom stereocenters. The molecule has 3 aromatic rings. The summed E-state index contributed by atoms with van der Waals surface area (Å²) in [5.74, 6) is 2.00. The van der Waals surface area contributed by atoms with Crippen molar-refractivity contribution in [3.8, 4) is 11.3 Å². The van der Waals surface area contributed by atoms with E-state index in [9.17, 15) is 0 Å². The van der Waals surface area contributed by atoms with Crippen molar-refractivity contribution in [3.05, 3.63) is 36.4 Å². The summed E-state index contributed by atoms with van der Waals surface area (Å²) in [5, 5.41) is 0. The van der Waals surface area contributed by atoms with Gasteiger partial charge in [0.15, 0.2) is 11.5 Å². The van der Waals surface area contributed by atoms with Gasteiger partial charge in [0.25, 0.3) is 0 Å². The number of aromatic nitrogens is 4. The zero-order valence-corrected chi connectivity index (χ0v) is 15.6. The van der Waals surface area contributed by atoms with Crippen LogP contribution in [0.2, 0.25) is 0 Å². The first-order chi connectivity index (χ1) is 13.3. The van der Waals surface area contributed by atoms with Crippen molar-refractivity contribution in [1.82, 2.24) is 19.4 Å². The van der Waals surface area contributed by atoms with Crippen molar-refractivity contribution in [2.24, 2.45) is 0 Å².